The second kappa shape index (κ2) is 6.70. The molecule has 0 saturated carbocycles. The summed E-state index contributed by atoms with van der Waals surface area (Å²) >= 11 is 0. The molecule has 0 bridgehead atoms. The molecule has 1 aromatic rings. The van der Waals surface area contributed by atoms with Gasteiger partial charge >= 0.3 is 0 Å². The normalized spacial score (nSPS) is 17.1. The first-order valence-electron chi connectivity index (χ1n) is 7.32. The van der Waals surface area contributed by atoms with Crippen molar-refractivity contribution in [3.8, 4) is 0 Å². The first-order valence-corrected chi connectivity index (χ1v) is 7.32. The first kappa shape index (κ1) is 14.8. The average Bonchev–Trinajstić information content (AvgIpc) is 2.41. The van der Waals surface area contributed by atoms with Gasteiger partial charge in [0, 0.05) is 37.1 Å². The number of nitrogens with one attached hydrogen (secondary N) is 2. The van der Waals surface area contributed by atoms with Crippen LogP contribution in [-0.4, -0.2) is 41.5 Å². The van der Waals surface area contributed by atoms with Gasteiger partial charge in [0.25, 0.3) is 5.91 Å². The lowest BCUT2D eigenvalue weighted by Crippen LogP contribution is -2.45. The van der Waals surface area contributed by atoms with Crippen LogP contribution in [0.3, 0.4) is 0 Å². The summed E-state index contributed by atoms with van der Waals surface area (Å²) in [5.41, 5.74) is 0.744. The van der Waals surface area contributed by atoms with E-state index in [1.54, 1.807) is 6.92 Å². The van der Waals surface area contributed by atoms with E-state index in [1.165, 1.54) is 12.3 Å². The van der Waals surface area contributed by atoms with E-state index in [4.69, 9.17) is 0 Å². The minimum atomic E-state index is -0.264. The Hall–Kier alpha value is -1.62. The van der Waals surface area contributed by atoms with Gasteiger partial charge in [0.15, 0.2) is 5.43 Å². The maximum atomic E-state index is 12.1. The van der Waals surface area contributed by atoms with E-state index in [0.29, 0.717) is 0 Å². The molecule has 1 aromatic heterocycles. The Morgan fingerprint density at radius 3 is 2.75 bits per heavy atom. The zero-order chi connectivity index (χ0) is 14.5. The number of piperidine rings is 1. The van der Waals surface area contributed by atoms with Gasteiger partial charge in [-0.15, -0.1) is 0 Å². The Kier molecular flexibility index (Phi) is 4.95. The van der Waals surface area contributed by atoms with Crippen molar-refractivity contribution in [3.05, 3.63) is 33.7 Å². The number of carbonyl (C=O) groups is 1. The van der Waals surface area contributed by atoms with Crippen LogP contribution in [0.2, 0.25) is 0 Å². The lowest BCUT2D eigenvalue weighted by Gasteiger charge is -2.32. The lowest BCUT2D eigenvalue weighted by atomic mass is 10.0. The molecule has 0 spiro atoms. The predicted octanol–water partition coefficient (Wildman–Crippen LogP) is 1.29. The Bertz CT molecular complexity index is 516. The van der Waals surface area contributed by atoms with Crippen molar-refractivity contribution in [1.82, 2.24) is 15.2 Å². The average molecular weight is 277 g/mol. The molecule has 5 nitrogen and oxygen atoms in total. The number of amides is 1. The van der Waals surface area contributed by atoms with Crippen molar-refractivity contribution in [2.24, 2.45) is 0 Å². The topological polar surface area (TPSA) is 65.2 Å². The molecule has 1 fully saturated rings. The van der Waals surface area contributed by atoms with Crippen LogP contribution < -0.4 is 10.7 Å². The van der Waals surface area contributed by atoms with Crippen molar-refractivity contribution in [3.63, 3.8) is 0 Å². The summed E-state index contributed by atoms with van der Waals surface area (Å²) < 4.78 is 0. The van der Waals surface area contributed by atoms with Gasteiger partial charge in [-0.25, -0.2) is 0 Å². The number of aromatic amines is 1. The molecule has 0 atom stereocenters. The summed E-state index contributed by atoms with van der Waals surface area (Å²) in [4.78, 5) is 29.2. The molecular weight excluding hydrogens is 254 g/mol. The van der Waals surface area contributed by atoms with Crippen LogP contribution in [-0.2, 0) is 0 Å². The summed E-state index contributed by atoms with van der Waals surface area (Å²) in [6, 6.07) is 1.63. The molecule has 1 amide bonds. The molecule has 0 unspecified atom stereocenters. The van der Waals surface area contributed by atoms with Crippen molar-refractivity contribution >= 4 is 5.91 Å². The molecule has 2 heterocycles. The largest absolute Gasteiger partial charge is 0.364 e. The highest BCUT2D eigenvalue weighted by molar-refractivity contribution is 5.93. The molecule has 1 aliphatic heterocycles. The summed E-state index contributed by atoms with van der Waals surface area (Å²) in [5.74, 6) is -0.264. The van der Waals surface area contributed by atoms with E-state index in [1.807, 2.05) is 0 Å². The summed E-state index contributed by atoms with van der Waals surface area (Å²) in [6.07, 6.45) is 4.57. The molecule has 0 aromatic carbocycles. The minimum absolute atomic E-state index is 0.177. The quantitative estimate of drug-likeness (QED) is 0.871. The van der Waals surface area contributed by atoms with Crippen molar-refractivity contribution in [2.45, 2.75) is 39.2 Å². The second-order valence-corrected chi connectivity index (χ2v) is 5.48. The molecule has 110 valence electrons. The first-order chi connectivity index (χ1) is 9.60. The third-order valence-electron chi connectivity index (χ3n) is 3.76. The molecule has 2 N–H and O–H groups in total. The van der Waals surface area contributed by atoms with Crippen molar-refractivity contribution in [1.29, 1.82) is 0 Å². The predicted molar refractivity (Wildman–Crippen MR) is 79.0 cm³/mol. The summed E-state index contributed by atoms with van der Waals surface area (Å²) in [5, 5.41) is 2.97. The van der Waals surface area contributed by atoms with Gasteiger partial charge in [-0.2, -0.15) is 0 Å². The zero-order valence-corrected chi connectivity index (χ0v) is 12.2. The Balaban J connectivity index is 1.91. The van der Waals surface area contributed by atoms with Gasteiger partial charge in [-0.3, -0.25) is 9.59 Å². The van der Waals surface area contributed by atoms with E-state index in [0.717, 1.165) is 44.6 Å². The SMILES string of the molecule is CCCN1CCC(NC(=O)c2c[nH]c(C)cc2=O)CC1. The molecule has 2 rings (SSSR count). The fraction of sp³-hybridized carbons (Fsp3) is 0.600. The van der Waals surface area contributed by atoms with Crippen molar-refractivity contribution in [2.75, 3.05) is 19.6 Å². The van der Waals surface area contributed by atoms with Gasteiger partial charge in [-0.1, -0.05) is 6.92 Å². The molecule has 0 aliphatic carbocycles. The minimum Gasteiger partial charge on any atom is -0.364 e. The molecule has 1 saturated heterocycles. The Labute approximate surface area is 119 Å². The van der Waals surface area contributed by atoms with Gasteiger partial charge in [0.1, 0.15) is 5.56 Å². The zero-order valence-electron chi connectivity index (χ0n) is 12.2. The third kappa shape index (κ3) is 3.70. The van der Waals surface area contributed by atoms with E-state index in [2.05, 4.69) is 22.1 Å². The van der Waals surface area contributed by atoms with Crippen LogP contribution >= 0.6 is 0 Å². The van der Waals surface area contributed by atoms with E-state index in [9.17, 15) is 9.59 Å². The van der Waals surface area contributed by atoms with Crippen LogP contribution in [0.1, 0.15) is 42.2 Å². The number of hydrogen-bond acceptors (Lipinski definition) is 3. The fourth-order valence-electron chi connectivity index (χ4n) is 2.63. The number of likely N-dealkylation sites (tertiary alicyclic amines) is 1. The van der Waals surface area contributed by atoms with Gasteiger partial charge in [0.2, 0.25) is 0 Å². The maximum Gasteiger partial charge on any atom is 0.256 e. The van der Waals surface area contributed by atoms with Gasteiger partial charge < -0.3 is 15.2 Å². The number of rotatable bonds is 4. The molecule has 20 heavy (non-hydrogen) atoms. The van der Waals surface area contributed by atoms with Gasteiger partial charge in [0.05, 0.1) is 0 Å². The monoisotopic (exact) mass is 277 g/mol. The fourth-order valence-corrected chi connectivity index (χ4v) is 2.63. The Morgan fingerprint density at radius 2 is 2.15 bits per heavy atom. The number of nitrogens with zero attached hydrogens (tertiary/aromatic N) is 1. The second-order valence-electron chi connectivity index (χ2n) is 5.48. The highest BCUT2D eigenvalue weighted by Crippen LogP contribution is 2.11. The molecular formula is C15H23N3O2. The van der Waals surface area contributed by atoms with Crippen LogP contribution in [0.25, 0.3) is 0 Å². The summed E-state index contributed by atoms with van der Waals surface area (Å²) in [6.45, 7) is 7.13. The van der Waals surface area contributed by atoms with E-state index < -0.39 is 0 Å². The standard InChI is InChI=1S/C15H23N3O2/c1-3-6-18-7-4-12(5-8-18)17-15(20)13-10-16-11(2)9-14(13)19/h9-10,12H,3-8H2,1-2H3,(H,16,19)(H,17,20). The van der Waals surface area contributed by atoms with Gasteiger partial charge in [-0.05, 0) is 32.7 Å². The Morgan fingerprint density at radius 1 is 1.45 bits per heavy atom. The van der Waals surface area contributed by atoms with Crippen molar-refractivity contribution < 1.29 is 4.79 Å². The number of pyridine rings is 1. The number of aromatic nitrogens is 1. The van der Waals surface area contributed by atoms with Crippen LogP contribution in [0.4, 0.5) is 0 Å². The highest BCUT2D eigenvalue weighted by Gasteiger charge is 2.21. The molecule has 1 aliphatic rings. The number of carbonyl (C=O) groups excluding carboxylic acids is 1. The third-order valence-corrected chi connectivity index (χ3v) is 3.76. The number of aryl methyl sites for hydroxylation is 1. The van der Waals surface area contributed by atoms with Crippen LogP contribution in [0.5, 0.6) is 0 Å². The molecule has 0 radical (unpaired) electrons. The number of H-pyrrole nitrogens is 1. The lowest BCUT2D eigenvalue weighted by molar-refractivity contribution is 0.0909. The van der Waals surface area contributed by atoms with E-state index >= 15 is 0 Å². The highest BCUT2D eigenvalue weighted by atomic mass is 16.2. The van der Waals surface area contributed by atoms with Crippen LogP contribution in [0, 0.1) is 6.92 Å². The molecule has 5 heteroatoms. The maximum absolute atomic E-state index is 12.1. The smallest absolute Gasteiger partial charge is 0.256 e. The van der Waals surface area contributed by atoms with E-state index in [-0.39, 0.29) is 22.9 Å². The van der Waals surface area contributed by atoms with Crippen LogP contribution in [0.15, 0.2) is 17.1 Å². The number of hydrogen-bond donors (Lipinski definition) is 2. The summed E-state index contributed by atoms with van der Waals surface area (Å²) in [7, 11) is 0.